The van der Waals surface area contributed by atoms with Crippen LogP contribution in [0.4, 0.5) is 0 Å². The van der Waals surface area contributed by atoms with Gasteiger partial charge in [0.1, 0.15) is 10.5 Å². The molecule has 0 spiro atoms. The zero-order valence-corrected chi connectivity index (χ0v) is 12.7. The van der Waals surface area contributed by atoms with E-state index in [9.17, 15) is 4.79 Å². The van der Waals surface area contributed by atoms with Gasteiger partial charge < -0.3 is 4.98 Å². The summed E-state index contributed by atoms with van der Waals surface area (Å²) in [6.45, 7) is 2.26. The Kier molecular flexibility index (Phi) is 2.72. The molecule has 3 aromatic heterocycles. The van der Waals surface area contributed by atoms with Crippen molar-refractivity contribution in [1.29, 1.82) is 0 Å². The van der Waals surface area contributed by atoms with E-state index in [-0.39, 0.29) is 5.56 Å². The number of nitrogens with zero attached hydrogens (tertiary/aromatic N) is 4. The van der Waals surface area contributed by atoms with E-state index in [1.54, 1.807) is 29.3 Å². The number of aromatic amines is 1. The molecule has 0 saturated heterocycles. The fourth-order valence-electron chi connectivity index (χ4n) is 2.93. The van der Waals surface area contributed by atoms with Crippen LogP contribution < -0.4 is 5.56 Å². The number of thiophene rings is 1. The standard InChI is InChI=1S/C14H15N5OS/c1-7-3-4-8-10(5-7)21-14-11(8)13(20)15-12(16-14)9-6-19(2)18-17-9/h6-7H,3-5H2,1-2H3,(H,15,16,20)/t7-/m1/s1. The van der Waals surface area contributed by atoms with Crippen LogP contribution in [-0.2, 0) is 19.9 Å². The predicted molar refractivity (Wildman–Crippen MR) is 81.4 cm³/mol. The summed E-state index contributed by atoms with van der Waals surface area (Å²) in [6, 6.07) is 0. The van der Waals surface area contributed by atoms with Crippen LogP contribution in [0.2, 0.25) is 0 Å². The van der Waals surface area contributed by atoms with Gasteiger partial charge in [0.05, 0.1) is 11.6 Å². The van der Waals surface area contributed by atoms with Crippen molar-refractivity contribution in [3.63, 3.8) is 0 Å². The highest BCUT2D eigenvalue weighted by molar-refractivity contribution is 7.18. The lowest BCUT2D eigenvalue weighted by atomic mass is 9.89. The molecule has 0 aliphatic heterocycles. The molecule has 1 atom stereocenters. The molecular formula is C14H15N5OS. The molecule has 3 heterocycles. The highest BCUT2D eigenvalue weighted by Crippen LogP contribution is 2.35. The summed E-state index contributed by atoms with van der Waals surface area (Å²) in [5.74, 6) is 1.18. The molecule has 0 radical (unpaired) electrons. The SMILES string of the molecule is C[C@@H]1CCc2c(sc3nc(-c4cn(C)nn4)[nH]c(=O)c23)C1. The van der Waals surface area contributed by atoms with Crippen LogP contribution in [0.1, 0.15) is 23.8 Å². The first-order valence-corrected chi connectivity index (χ1v) is 7.84. The van der Waals surface area contributed by atoms with Crippen LogP contribution >= 0.6 is 11.3 Å². The Balaban J connectivity index is 1.93. The van der Waals surface area contributed by atoms with Gasteiger partial charge in [0.15, 0.2) is 5.82 Å². The number of aromatic nitrogens is 5. The molecule has 0 aromatic carbocycles. The fraction of sp³-hybridized carbons (Fsp3) is 0.429. The zero-order valence-electron chi connectivity index (χ0n) is 11.9. The van der Waals surface area contributed by atoms with Crippen molar-refractivity contribution in [2.75, 3.05) is 0 Å². The monoisotopic (exact) mass is 301 g/mol. The molecule has 108 valence electrons. The number of hydrogen-bond acceptors (Lipinski definition) is 5. The van der Waals surface area contributed by atoms with Gasteiger partial charge in [-0.3, -0.25) is 9.48 Å². The minimum Gasteiger partial charge on any atom is -0.304 e. The average molecular weight is 301 g/mol. The third-order valence-corrected chi connectivity index (χ3v) is 5.16. The van der Waals surface area contributed by atoms with Crippen molar-refractivity contribution >= 4 is 21.6 Å². The first-order chi connectivity index (χ1) is 10.1. The summed E-state index contributed by atoms with van der Waals surface area (Å²) in [5.41, 5.74) is 1.73. The molecule has 21 heavy (non-hydrogen) atoms. The highest BCUT2D eigenvalue weighted by Gasteiger charge is 2.23. The highest BCUT2D eigenvalue weighted by atomic mass is 32.1. The zero-order chi connectivity index (χ0) is 14.6. The van der Waals surface area contributed by atoms with E-state index in [1.807, 2.05) is 0 Å². The first kappa shape index (κ1) is 12.7. The number of rotatable bonds is 1. The molecule has 0 saturated carbocycles. The van der Waals surface area contributed by atoms with Crippen molar-refractivity contribution < 1.29 is 0 Å². The first-order valence-electron chi connectivity index (χ1n) is 7.03. The van der Waals surface area contributed by atoms with E-state index in [4.69, 9.17) is 0 Å². The van der Waals surface area contributed by atoms with Gasteiger partial charge in [-0.1, -0.05) is 12.1 Å². The lowest BCUT2D eigenvalue weighted by Gasteiger charge is -2.17. The molecular weight excluding hydrogens is 286 g/mol. The Morgan fingerprint density at radius 1 is 1.48 bits per heavy atom. The van der Waals surface area contributed by atoms with Gasteiger partial charge >= 0.3 is 0 Å². The summed E-state index contributed by atoms with van der Waals surface area (Å²) in [6.07, 6.45) is 4.92. The summed E-state index contributed by atoms with van der Waals surface area (Å²) < 4.78 is 1.60. The number of hydrogen-bond donors (Lipinski definition) is 1. The number of H-pyrrole nitrogens is 1. The molecule has 1 aliphatic rings. The second-order valence-electron chi connectivity index (χ2n) is 5.72. The van der Waals surface area contributed by atoms with Crippen molar-refractivity contribution in [2.45, 2.75) is 26.2 Å². The fourth-order valence-corrected chi connectivity index (χ4v) is 4.31. The van der Waals surface area contributed by atoms with Crippen LogP contribution in [0.25, 0.3) is 21.7 Å². The molecule has 0 fully saturated rings. The minimum absolute atomic E-state index is 0.0623. The number of aryl methyl sites for hydroxylation is 2. The lowest BCUT2D eigenvalue weighted by Crippen LogP contribution is -2.13. The van der Waals surface area contributed by atoms with Gasteiger partial charge in [-0.05, 0) is 30.7 Å². The van der Waals surface area contributed by atoms with Gasteiger partial charge in [0.2, 0.25) is 0 Å². The summed E-state index contributed by atoms with van der Waals surface area (Å²) in [7, 11) is 1.79. The Morgan fingerprint density at radius 3 is 3.10 bits per heavy atom. The van der Waals surface area contributed by atoms with Crippen LogP contribution in [0.3, 0.4) is 0 Å². The Morgan fingerprint density at radius 2 is 2.33 bits per heavy atom. The molecule has 1 N–H and O–H groups in total. The van der Waals surface area contributed by atoms with Gasteiger partial charge in [-0.15, -0.1) is 16.4 Å². The third kappa shape index (κ3) is 1.99. The molecule has 0 amide bonds. The summed E-state index contributed by atoms with van der Waals surface area (Å²) >= 11 is 1.65. The van der Waals surface area contributed by atoms with Crippen molar-refractivity contribution in [3.8, 4) is 11.5 Å². The van der Waals surface area contributed by atoms with E-state index in [1.165, 1.54) is 10.4 Å². The normalized spacial score (nSPS) is 18.1. The van der Waals surface area contributed by atoms with Crippen LogP contribution in [0.15, 0.2) is 11.0 Å². The topological polar surface area (TPSA) is 76.5 Å². The average Bonchev–Trinajstić information content (AvgIpc) is 3.01. The van der Waals surface area contributed by atoms with Crippen molar-refractivity contribution in [1.82, 2.24) is 25.0 Å². The molecule has 0 unspecified atom stereocenters. The molecule has 7 heteroatoms. The second-order valence-corrected chi connectivity index (χ2v) is 6.81. The van der Waals surface area contributed by atoms with Gasteiger partial charge in [0.25, 0.3) is 5.56 Å². The van der Waals surface area contributed by atoms with Gasteiger partial charge in [-0.2, -0.15) is 0 Å². The molecule has 4 rings (SSSR count). The quantitative estimate of drug-likeness (QED) is 0.745. The van der Waals surface area contributed by atoms with Gasteiger partial charge in [-0.25, -0.2) is 4.98 Å². The third-order valence-electron chi connectivity index (χ3n) is 4.01. The maximum Gasteiger partial charge on any atom is 0.260 e. The Bertz CT molecular complexity index is 891. The Hall–Kier alpha value is -2.02. The van der Waals surface area contributed by atoms with Crippen LogP contribution in [-0.4, -0.2) is 25.0 Å². The number of nitrogens with one attached hydrogen (secondary N) is 1. The van der Waals surface area contributed by atoms with E-state index in [2.05, 4.69) is 27.2 Å². The maximum absolute atomic E-state index is 12.5. The Labute approximate surface area is 124 Å². The van der Waals surface area contributed by atoms with E-state index < -0.39 is 0 Å². The van der Waals surface area contributed by atoms with E-state index in [0.717, 1.165) is 29.5 Å². The molecule has 1 aliphatic carbocycles. The van der Waals surface area contributed by atoms with Crippen LogP contribution in [0.5, 0.6) is 0 Å². The molecule has 3 aromatic rings. The second kappa shape index (κ2) is 4.49. The summed E-state index contributed by atoms with van der Waals surface area (Å²) in [4.78, 5) is 22.0. The predicted octanol–water partition coefficient (Wildman–Crippen LogP) is 1.90. The minimum atomic E-state index is -0.0623. The van der Waals surface area contributed by atoms with Crippen molar-refractivity contribution in [3.05, 3.63) is 27.0 Å². The van der Waals surface area contributed by atoms with E-state index >= 15 is 0 Å². The molecule has 6 nitrogen and oxygen atoms in total. The van der Waals surface area contributed by atoms with Gasteiger partial charge in [0, 0.05) is 11.9 Å². The largest absolute Gasteiger partial charge is 0.304 e. The number of fused-ring (bicyclic) bond motifs is 3. The van der Waals surface area contributed by atoms with Crippen molar-refractivity contribution in [2.24, 2.45) is 13.0 Å². The van der Waals surface area contributed by atoms with Crippen LogP contribution in [0, 0.1) is 5.92 Å². The molecule has 0 bridgehead atoms. The smallest absolute Gasteiger partial charge is 0.260 e. The lowest BCUT2D eigenvalue weighted by molar-refractivity contribution is 0.509. The summed E-state index contributed by atoms with van der Waals surface area (Å²) in [5, 5.41) is 8.67. The maximum atomic E-state index is 12.5. The van der Waals surface area contributed by atoms with E-state index in [0.29, 0.717) is 17.4 Å².